The number of nitrogens with one attached hydrogen (secondary N) is 1. The number of ether oxygens (including phenoxy) is 1. The maximum atomic E-state index is 12.1. The van der Waals surface area contributed by atoms with Crippen LogP contribution in [0.4, 0.5) is 0 Å². The molecule has 0 saturated carbocycles. The van der Waals surface area contributed by atoms with Crippen LogP contribution in [0.3, 0.4) is 0 Å². The van der Waals surface area contributed by atoms with Gasteiger partial charge in [0.25, 0.3) is 0 Å². The molecule has 0 bridgehead atoms. The zero-order valence-corrected chi connectivity index (χ0v) is 15.9. The van der Waals surface area contributed by atoms with E-state index in [4.69, 9.17) is 4.74 Å². The van der Waals surface area contributed by atoms with Crippen LogP contribution in [0.5, 0.6) is 0 Å². The van der Waals surface area contributed by atoms with Crippen LogP contribution in [0.25, 0.3) is 16.9 Å². The summed E-state index contributed by atoms with van der Waals surface area (Å²) in [6.45, 7) is 3.41. The summed E-state index contributed by atoms with van der Waals surface area (Å²) in [5.74, 6) is 0.228. The fourth-order valence-electron chi connectivity index (χ4n) is 2.95. The number of carbonyl (C=O) groups is 1. The van der Waals surface area contributed by atoms with Crippen molar-refractivity contribution in [2.24, 2.45) is 0 Å². The summed E-state index contributed by atoms with van der Waals surface area (Å²) >= 11 is 1.33. The van der Waals surface area contributed by atoms with E-state index in [1.165, 1.54) is 17.3 Å². The summed E-state index contributed by atoms with van der Waals surface area (Å²) in [4.78, 5) is 12.1. The number of hydrogen-bond acceptors (Lipinski definition) is 6. The molecule has 3 aromatic rings. The summed E-state index contributed by atoms with van der Waals surface area (Å²) in [6, 6.07) is 12.0. The third-order valence-electron chi connectivity index (χ3n) is 4.46. The van der Waals surface area contributed by atoms with Crippen LogP contribution in [-0.4, -0.2) is 50.7 Å². The summed E-state index contributed by atoms with van der Waals surface area (Å²) in [7, 11) is 0. The fourth-order valence-corrected chi connectivity index (χ4v) is 3.67. The van der Waals surface area contributed by atoms with Crippen molar-refractivity contribution in [2.75, 3.05) is 18.9 Å². The van der Waals surface area contributed by atoms with Gasteiger partial charge in [-0.1, -0.05) is 41.6 Å². The van der Waals surface area contributed by atoms with Crippen molar-refractivity contribution in [1.29, 1.82) is 0 Å². The Morgan fingerprint density at radius 1 is 1.26 bits per heavy atom. The minimum Gasteiger partial charge on any atom is -0.376 e. The van der Waals surface area contributed by atoms with E-state index in [2.05, 4.69) is 39.7 Å². The number of aryl methyl sites for hydroxylation is 1. The molecule has 140 valence electrons. The Morgan fingerprint density at radius 3 is 2.89 bits per heavy atom. The lowest BCUT2D eigenvalue weighted by Gasteiger charge is -2.10. The molecular weight excluding hydrogens is 362 g/mol. The number of carbonyl (C=O) groups excluding carboxylic acids is 1. The van der Waals surface area contributed by atoms with Gasteiger partial charge < -0.3 is 10.1 Å². The second-order valence-electron chi connectivity index (χ2n) is 6.56. The molecule has 0 unspecified atom stereocenters. The Kier molecular flexibility index (Phi) is 5.35. The van der Waals surface area contributed by atoms with Gasteiger partial charge in [0.2, 0.25) is 11.1 Å². The first-order valence-corrected chi connectivity index (χ1v) is 9.98. The highest BCUT2D eigenvalue weighted by Crippen LogP contribution is 2.21. The van der Waals surface area contributed by atoms with Gasteiger partial charge in [0, 0.05) is 18.7 Å². The summed E-state index contributed by atoms with van der Waals surface area (Å²) in [6.07, 6.45) is 2.22. The Hall–Kier alpha value is -2.45. The standard InChI is InChI=1S/C19H21N5O2S/c1-13-4-6-14(7-5-13)16-8-9-17-21-22-19(24(17)23-16)27-12-18(25)20-11-15-3-2-10-26-15/h4-9,15H,2-3,10-12H2,1H3,(H,20,25)/t15-/m0/s1. The number of aromatic nitrogens is 4. The number of nitrogens with zero attached hydrogens (tertiary/aromatic N) is 4. The molecule has 1 amide bonds. The van der Waals surface area contributed by atoms with E-state index in [0.29, 0.717) is 17.3 Å². The lowest BCUT2D eigenvalue weighted by molar-refractivity contribution is -0.119. The lowest BCUT2D eigenvalue weighted by atomic mass is 10.1. The molecule has 1 aliphatic heterocycles. The van der Waals surface area contributed by atoms with Gasteiger partial charge >= 0.3 is 0 Å². The molecule has 1 aromatic carbocycles. The SMILES string of the molecule is Cc1ccc(-c2ccc3nnc(SCC(=O)NC[C@@H]4CCCO4)n3n2)cc1. The minimum absolute atomic E-state index is 0.0399. The predicted octanol–water partition coefficient (Wildman–Crippen LogP) is 2.49. The Morgan fingerprint density at radius 2 is 2.11 bits per heavy atom. The number of thioether (sulfide) groups is 1. The average Bonchev–Trinajstić information content (AvgIpc) is 3.34. The summed E-state index contributed by atoms with van der Waals surface area (Å²) < 4.78 is 7.20. The van der Waals surface area contributed by atoms with Gasteiger partial charge in [-0.2, -0.15) is 9.61 Å². The lowest BCUT2D eigenvalue weighted by Crippen LogP contribution is -2.32. The van der Waals surface area contributed by atoms with Crippen LogP contribution < -0.4 is 5.32 Å². The number of rotatable bonds is 6. The number of hydrogen-bond donors (Lipinski definition) is 1. The van der Waals surface area contributed by atoms with Crippen molar-refractivity contribution >= 4 is 23.3 Å². The molecule has 4 rings (SSSR count). The van der Waals surface area contributed by atoms with E-state index in [9.17, 15) is 4.79 Å². The molecule has 1 saturated heterocycles. The molecule has 1 fully saturated rings. The number of fused-ring (bicyclic) bond motifs is 1. The van der Waals surface area contributed by atoms with Crippen LogP contribution in [-0.2, 0) is 9.53 Å². The highest BCUT2D eigenvalue weighted by molar-refractivity contribution is 7.99. The van der Waals surface area contributed by atoms with Crippen LogP contribution in [0, 0.1) is 6.92 Å². The van der Waals surface area contributed by atoms with Crippen LogP contribution in [0.1, 0.15) is 18.4 Å². The van der Waals surface area contributed by atoms with E-state index < -0.39 is 0 Å². The topological polar surface area (TPSA) is 81.4 Å². The fraction of sp³-hybridized carbons (Fsp3) is 0.368. The first kappa shape index (κ1) is 17.9. The van der Waals surface area contributed by atoms with Gasteiger partial charge in [-0.15, -0.1) is 10.2 Å². The molecule has 7 nitrogen and oxygen atoms in total. The highest BCUT2D eigenvalue weighted by Gasteiger charge is 2.17. The van der Waals surface area contributed by atoms with Crippen LogP contribution >= 0.6 is 11.8 Å². The smallest absolute Gasteiger partial charge is 0.230 e. The Balaban J connectivity index is 1.43. The third kappa shape index (κ3) is 4.28. The first-order chi connectivity index (χ1) is 13.2. The van der Waals surface area contributed by atoms with E-state index >= 15 is 0 Å². The molecule has 27 heavy (non-hydrogen) atoms. The zero-order valence-electron chi connectivity index (χ0n) is 15.1. The van der Waals surface area contributed by atoms with E-state index in [0.717, 1.165) is 30.7 Å². The normalized spacial score (nSPS) is 16.7. The van der Waals surface area contributed by atoms with E-state index in [1.807, 2.05) is 24.3 Å². The molecule has 0 aliphatic carbocycles. The molecule has 3 heterocycles. The molecule has 1 aliphatic rings. The maximum Gasteiger partial charge on any atom is 0.230 e. The van der Waals surface area contributed by atoms with Gasteiger partial charge in [0.15, 0.2) is 5.65 Å². The summed E-state index contributed by atoms with van der Waals surface area (Å²) in [5, 5.41) is 16.5. The zero-order chi connectivity index (χ0) is 18.6. The molecule has 1 N–H and O–H groups in total. The van der Waals surface area contributed by atoms with Crippen molar-refractivity contribution in [3.63, 3.8) is 0 Å². The monoisotopic (exact) mass is 383 g/mol. The largest absolute Gasteiger partial charge is 0.376 e. The second-order valence-corrected chi connectivity index (χ2v) is 7.51. The van der Waals surface area contributed by atoms with Gasteiger partial charge in [-0.25, -0.2) is 0 Å². The van der Waals surface area contributed by atoms with Crippen LogP contribution in [0.15, 0.2) is 41.6 Å². The van der Waals surface area contributed by atoms with Gasteiger partial charge in [-0.3, -0.25) is 4.79 Å². The van der Waals surface area contributed by atoms with Crippen molar-refractivity contribution in [3.8, 4) is 11.3 Å². The average molecular weight is 383 g/mol. The van der Waals surface area contributed by atoms with Crippen molar-refractivity contribution < 1.29 is 9.53 Å². The van der Waals surface area contributed by atoms with Crippen molar-refractivity contribution in [3.05, 3.63) is 42.0 Å². The third-order valence-corrected chi connectivity index (χ3v) is 5.38. The quantitative estimate of drug-likeness (QED) is 0.659. The molecule has 0 radical (unpaired) electrons. The highest BCUT2D eigenvalue weighted by atomic mass is 32.2. The number of benzene rings is 1. The molecule has 8 heteroatoms. The molecule has 0 spiro atoms. The molecule has 1 atom stereocenters. The second kappa shape index (κ2) is 8.06. The van der Waals surface area contributed by atoms with Crippen molar-refractivity contribution in [2.45, 2.75) is 31.0 Å². The van der Waals surface area contributed by atoms with Crippen LogP contribution in [0.2, 0.25) is 0 Å². The Bertz CT molecular complexity index is 935. The van der Waals surface area contributed by atoms with Gasteiger partial charge in [0.1, 0.15) is 0 Å². The predicted molar refractivity (Wildman–Crippen MR) is 104 cm³/mol. The van der Waals surface area contributed by atoms with Gasteiger partial charge in [0.05, 0.1) is 17.6 Å². The molecular formula is C19H21N5O2S. The summed E-state index contributed by atoms with van der Waals surface area (Å²) in [5.41, 5.74) is 3.73. The van der Waals surface area contributed by atoms with E-state index in [-0.39, 0.29) is 17.8 Å². The van der Waals surface area contributed by atoms with Gasteiger partial charge in [-0.05, 0) is 31.9 Å². The number of amides is 1. The first-order valence-electron chi connectivity index (χ1n) is 8.99. The van der Waals surface area contributed by atoms with Crippen molar-refractivity contribution in [1.82, 2.24) is 25.1 Å². The minimum atomic E-state index is -0.0399. The van der Waals surface area contributed by atoms with E-state index in [1.54, 1.807) is 4.52 Å². The maximum absolute atomic E-state index is 12.1. The molecule has 2 aromatic heterocycles. The Labute approximate surface area is 161 Å².